The lowest BCUT2D eigenvalue weighted by molar-refractivity contribution is -0.116. The molecule has 0 radical (unpaired) electrons. The van der Waals surface area contributed by atoms with Crippen LogP contribution in [-0.2, 0) is 11.2 Å². The van der Waals surface area contributed by atoms with Crippen LogP contribution in [0.5, 0.6) is 0 Å². The van der Waals surface area contributed by atoms with Crippen molar-refractivity contribution in [1.82, 2.24) is 0 Å². The summed E-state index contributed by atoms with van der Waals surface area (Å²) in [6, 6.07) is 12.4. The van der Waals surface area contributed by atoms with Crippen LogP contribution in [0.2, 0.25) is 0 Å². The van der Waals surface area contributed by atoms with Crippen molar-refractivity contribution in [2.75, 3.05) is 16.4 Å². The van der Waals surface area contributed by atoms with Gasteiger partial charge in [-0.2, -0.15) is 0 Å². The molecule has 2 aromatic carbocycles. The van der Waals surface area contributed by atoms with Crippen LogP contribution in [0.1, 0.15) is 22.3 Å². The van der Waals surface area contributed by atoms with Gasteiger partial charge in [-0.3, -0.25) is 9.59 Å². The summed E-state index contributed by atoms with van der Waals surface area (Å²) >= 11 is 0. The number of rotatable bonds is 2. The monoisotopic (exact) mass is 281 g/mol. The number of carbonyl (C=O) groups excluding carboxylic acids is 2. The molecule has 0 spiro atoms. The number of benzene rings is 2. The smallest absolute Gasteiger partial charge is 0.255 e. The van der Waals surface area contributed by atoms with Crippen LogP contribution in [0.3, 0.4) is 0 Å². The topological polar surface area (TPSA) is 84.2 Å². The zero-order chi connectivity index (χ0) is 14.8. The van der Waals surface area contributed by atoms with E-state index >= 15 is 0 Å². The standard InChI is InChI=1S/C16H15N3O2/c17-12-3-1-2-4-14(12)19-16(21)11-5-7-13-10(9-11)6-8-15(20)18-13/h1-5,7,9H,6,8,17H2,(H,18,20)(H,19,21). The van der Waals surface area contributed by atoms with Gasteiger partial charge in [-0.25, -0.2) is 0 Å². The second-order valence-electron chi connectivity index (χ2n) is 4.96. The van der Waals surface area contributed by atoms with Crippen molar-refractivity contribution >= 4 is 28.9 Å². The number of nitrogen functional groups attached to an aromatic ring is 1. The molecule has 5 nitrogen and oxygen atoms in total. The highest BCUT2D eigenvalue weighted by atomic mass is 16.2. The molecule has 1 heterocycles. The van der Waals surface area contributed by atoms with Gasteiger partial charge >= 0.3 is 0 Å². The molecule has 0 bridgehead atoms. The molecule has 4 N–H and O–H groups in total. The van der Waals surface area contributed by atoms with E-state index in [2.05, 4.69) is 10.6 Å². The molecule has 0 aromatic heterocycles. The lowest BCUT2D eigenvalue weighted by atomic mass is 10.00. The lowest BCUT2D eigenvalue weighted by Gasteiger charge is -2.17. The molecule has 0 saturated carbocycles. The van der Waals surface area contributed by atoms with Crippen LogP contribution in [0.4, 0.5) is 17.1 Å². The van der Waals surface area contributed by atoms with Gasteiger partial charge in [0.2, 0.25) is 5.91 Å². The van der Waals surface area contributed by atoms with E-state index in [1.165, 1.54) is 0 Å². The molecule has 0 saturated heterocycles. The molecule has 2 aromatic rings. The molecule has 21 heavy (non-hydrogen) atoms. The van der Waals surface area contributed by atoms with Crippen LogP contribution in [0.25, 0.3) is 0 Å². The number of nitrogens with one attached hydrogen (secondary N) is 2. The van der Waals surface area contributed by atoms with E-state index in [9.17, 15) is 9.59 Å². The van der Waals surface area contributed by atoms with Crippen molar-refractivity contribution in [3.63, 3.8) is 0 Å². The van der Waals surface area contributed by atoms with Crippen LogP contribution in [-0.4, -0.2) is 11.8 Å². The van der Waals surface area contributed by atoms with Gasteiger partial charge in [0.25, 0.3) is 5.91 Å². The Kier molecular flexibility index (Phi) is 3.31. The first-order chi connectivity index (χ1) is 10.1. The van der Waals surface area contributed by atoms with Gasteiger partial charge in [0.1, 0.15) is 0 Å². The van der Waals surface area contributed by atoms with E-state index < -0.39 is 0 Å². The van der Waals surface area contributed by atoms with Crippen molar-refractivity contribution in [2.45, 2.75) is 12.8 Å². The molecule has 3 rings (SSSR count). The van der Waals surface area contributed by atoms with Gasteiger partial charge < -0.3 is 16.4 Å². The highest BCUT2D eigenvalue weighted by molar-refractivity contribution is 6.06. The Labute approximate surface area is 122 Å². The fourth-order valence-electron chi connectivity index (χ4n) is 2.33. The average Bonchev–Trinajstić information content (AvgIpc) is 2.49. The van der Waals surface area contributed by atoms with Gasteiger partial charge in [0.05, 0.1) is 11.4 Å². The first-order valence-corrected chi connectivity index (χ1v) is 6.72. The maximum absolute atomic E-state index is 12.3. The maximum Gasteiger partial charge on any atom is 0.255 e. The van der Waals surface area contributed by atoms with E-state index in [0.717, 1.165) is 11.3 Å². The Bertz CT molecular complexity index is 725. The van der Waals surface area contributed by atoms with Gasteiger partial charge in [-0.1, -0.05) is 12.1 Å². The molecular formula is C16H15N3O2. The summed E-state index contributed by atoms with van der Waals surface area (Å²) in [4.78, 5) is 23.6. The molecule has 1 aliphatic heterocycles. The second-order valence-corrected chi connectivity index (χ2v) is 4.96. The van der Waals surface area contributed by atoms with Gasteiger partial charge in [0.15, 0.2) is 0 Å². The SMILES string of the molecule is Nc1ccccc1NC(=O)c1ccc2c(c1)CCC(=O)N2. The molecule has 0 atom stereocenters. The number of anilines is 3. The normalized spacial score (nSPS) is 13.2. The number of carbonyl (C=O) groups is 2. The first kappa shape index (κ1) is 13.2. The minimum absolute atomic E-state index is 0.0109. The summed E-state index contributed by atoms with van der Waals surface area (Å²) in [7, 11) is 0. The molecule has 2 amide bonds. The van der Waals surface area contributed by atoms with E-state index in [-0.39, 0.29) is 11.8 Å². The Hall–Kier alpha value is -2.82. The summed E-state index contributed by atoms with van der Waals surface area (Å²) in [5.41, 5.74) is 9.23. The van der Waals surface area contributed by atoms with Crippen LogP contribution < -0.4 is 16.4 Å². The fraction of sp³-hybridized carbons (Fsp3) is 0.125. The van der Waals surface area contributed by atoms with Gasteiger partial charge in [-0.05, 0) is 42.3 Å². The first-order valence-electron chi connectivity index (χ1n) is 6.72. The van der Waals surface area contributed by atoms with Crippen LogP contribution >= 0.6 is 0 Å². The number of fused-ring (bicyclic) bond motifs is 1. The molecule has 0 fully saturated rings. The average molecular weight is 281 g/mol. The minimum atomic E-state index is -0.215. The summed E-state index contributed by atoms with van der Waals surface area (Å²) in [5, 5.41) is 5.58. The minimum Gasteiger partial charge on any atom is -0.397 e. The van der Waals surface area contributed by atoms with Crippen molar-refractivity contribution in [3.8, 4) is 0 Å². The number of hydrogen-bond acceptors (Lipinski definition) is 3. The van der Waals surface area contributed by atoms with Crippen molar-refractivity contribution in [1.29, 1.82) is 0 Å². The highest BCUT2D eigenvalue weighted by Crippen LogP contribution is 2.24. The third-order valence-corrected chi connectivity index (χ3v) is 3.47. The van der Waals surface area contributed by atoms with Gasteiger partial charge in [0, 0.05) is 17.7 Å². The molecular weight excluding hydrogens is 266 g/mol. The number of nitrogens with two attached hydrogens (primary N) is 1. The third-order valence-electron chi connectivity index (χ3n) is 3.47. The third kappa shape index (κ3) is 2.72. The number of para-hydroxylation sites is 2. The van der Waals surface area contributed by atoms with E-state index in [1.54, 1.807) is 24.3 Å². The van der Waals surface area contributed by atoms with Crippen LogP contribution in [0.15, 0.2) is 42.5 Å². The molecule has 106 valence electrons. The summed E-state index contributed by atoms with van der Waals surface area (Å²) in [5.74, 6) is -0.204. The fourth-order valence-corrected chi connectivity index (χ4v) is 2.33. The van der Waals surface area contributed by atoms with Crippen LogP contribution in [0, 0.1) is 0 Å². The van der Waals surface area contributed by atoms with E-state index in [0.29, 0.717) is 29.8 Å². The summed E-state index contributed by atoms with van der Waals surface area (Å²) < 4.78 is 0. The summed E-state index contributed by atoms with van der Waals surface area (Å²) in [6.45, 7) is 0. The van der Waals surface area contributed by atoms with Crippen molar-refractivity contribution < 1.29 is 9.59 Å². The predicted octanol–water partition coefficient (Wildman–Crippen LogP) is 2.41. The number of amides is 2. The predicted molar refractivity (Wildman–Crippen MR) is 82.2 cm³/mol. The van der Waals surface area contributed by atoms with Crippen molar-refractivity contribution in [2.24, 2.45) is 0 Å². The van der Waals surface area contributed by atoms with Crippen molar-refractivity contribution in [3.05, 3.63) is 53.6 Å². The highest BCUT2D eigenvalue weighted by Gasteiger charge is 2.16. The quantitative estimate of drug-likeness (QED) is 0.739. The molecule has 0 aliphatic carbocycles. The number of hydrogen-bond donors (Lipinski definition) is 3. The largest absolute Gasteiger partial charge is 0.397 e. The Morgan fingerprint density at radius 3 is 2.76 bits per heavy atom. The Morgan fingerprint density at radius 1 is 1.14 bits per heavy atom. The summed E-state index contributed by atoms with van der Waals surface area (Å²) in [6.07, 6.45) is 1.10. The zero-order valence-corrected chi connectivity index (χ0v) is 11.3. The van der Waals surface area contributed by atoms with E-state index in [1.807, 2.05) is 18.2 Å². The van der Waals surface area contributed by atoms with Gasteiger partial charge in [-0.15, -0.1) is 0 Å². The number of aryl methyl sites for hydroxylation is 1. The zero-order valence-electron chi connectivity index (χ0n) is 11.3. The molecule has 5 heteroatoms. The Morgan fingerprint density at radius 2 is 1.95 bits per heavy atom. The second kappa shape index (κ2) is 5.28. The maximum atomic E-state index is 12.3. The lowest BCUT2D eigenvalue weighted by Crippen LogP contribution is -2.20. The molecule has 1 aliphatic rings. The Balaban J connectivity index is 1.83. The molecule has 0 unspecified atom stereocenters. The van der Waals surface area contributed by atoms with E-state index in [4.69, 9.17) is 5.73 Å².